The van der Waals surface area contributed by atoms with Gasteiger partial charge in [0, 0.05) is 0 Å². The highest BCUT2D eigenvalue weighted by atomic mass is 16.7. The van der Waals surface area contributed by atoms with Gasteiger partial charge in [-0.05, 0) is 57.8 Å². The zero-order chi connectivity index (χ0) is 51.0. The molecule has 8 atom stereocenters. The molecule has 0 spiro atoms. The lowest BCUT2D eigenvalue weighted by Crippen LogP contribution is -2.60. The van der Waals surface area contributed by atoms with Gasteiger partial charge >= 0.3 is 0 Å². The van der Waals surface area contributed by atoms with E-state index in [4.69, 9.17) is 9.47 Å². The summed E-state index contributed by atoms with van der Waals surface area (Å²) in [4.78, 5) is 13.1. The predicted octanol–water partition coefficient (Wildman–Crippen LogP) is 13.7. The van der Waals surface area contributed by atoms with Gasteiger partial charge in [0.15, 0.2) is 6.29 Å². The molecule has 412 valence electrons. The Morgan fingerprint density at radius 1 is 0.486 bits per heavy atom. The van der Waals surface area contributed by atoms with E-state index in [0.717, 1.165) is 32.1 Å². The highest BCUT2D eigenvalue weighted by molar-refractivity contribution is 5.80. The van der Waals surface area contributed by atoms with E-state index in [1.54, 1.807) is 6.08 Å². The van der Waals surface area contributed by atoms with Crippen molar-refractivity contribution in [1.82, 2.24) is 5.32 Å². The second kappa shape index (κ2) is 49.6. The molecule has 1 rings (SSSR count). The molecule has 8 unspecified atom stereocenters. The zero-order valence-corrected chi connectivity index (χ0v) is 45.4. The van der Waals surface area contributed by atoms with Crippen molar-refractivity contribution in [2.45, 2.75) is 326 Å². The molecule has 1 amide bonds. The SMILES string of the molecule is CCCCCCC/C=C/CC/C=C/C(O)C(COC1OC(CO)C(O)C(O)C1O)NC(=O)C(O)CCCCCCCCCCCCCCCCCC/C=C\CCCCCCCCCCCCCCCC. The molecule has 0 aliphatic carbocycles. The smallest absolute Gasteiger partial charge is 0.249 e. The van der Waals surface area contributed by atoms with Gasteiger partial charge in [0.05, 0.1) is 25.4 Å². The first-order valence-electron chi connectivity index (χ1n) is 29.8. The maximum atomic E-state index is 13.1. The van der Waals surface area contributed by atoms with Crippen LogP contribution in [0.25, 0.3) is 0 Å². The lowest BCUT2D eigenvalue weighted by atomic mass is 9.99. The molecule has 0 aromatic heterocycles. The summed E-state index contributed by atoms with van der Waals surface area (Å²) in [7, 11) is 0. The summed E-state index contributed by atoms with van der Waals surface area (Å²) in [6, 6.07) is -0.995. The number of allylic oxidation sites excluding steroid dienone is 5. The number of carbonyl (C=O) groups is 1. The first kappa shape index (κ1) is 66.4. The molecule has 0 bridgehead atoms. The minimum atomic E-state index is -1.61. The number of carbonyl (C=O) groups excluding carboxylic acids is 1. The van der Waals surface area contributed by atoms with Gasteiger partial charge in [-0.25, -0.2) is 0 Å². The van der Waals surface area contributed by atoms with Crippen LogP contribution in [-0.2, 0) is 14.3 Å². The highest BCUT2D eigenvalue weighted by Gasteiger charge is 2.44. The van der Waals surface area contributed by atoms with Crippen LogP contribution in [0.2, 0.25) is 0 Å². The molecule has 1 heterocycles. The minimum Gasteiger partial charge on any atom is -0.394 e. The largest absolute Gasteiger partial charge is 0.394 e. The molecule has 70 heavy (non-hydrogen) atoms. The van der Waals surface area contributed by atoms with Crippen molar-refractivity contribution in [3.63, 3.8) is 0 Å². The molecule has 0 radical (unpaired) electrons. The lowest BCUT2D eigenvalue weighted by molar-refractivity contribution is -0.302. The molecule has 10 nitrogen and oxygen atoms in total. The quantitative estimate of drug-likeness (QED) is 0.0232. The molecular formula is C60H113NO9. The Morgan fingerprint density at radius 2 is 0.843 bits per heavy atom. The molecule has 1 aliphatic heterocycles. The summed E-state index contributed by atoms with van der Waals surface area (Å²) in [6.45, 7) is 3.59. The fourth-order valence-electron chi connectivity index (χ4n) is 9.47. The van der Waals surface area contributed by atoms with Crippen molar-refractivity contribution >= 4 is 5.91 Å². The number of aliphatic hydroxyl groups excluding tert-OH is 6. The lowest BCUT2D eigenvalue weighted by Gasteiger charge is -2.40. The molecule has 0 aromatic rings. The van der Waals surface area contributed by atoms with Crippen molar-refractivity contribution in [2.24, 2.45) is 0 Å². The Bertz CT molecular complexity index is 1210. The Hall–Kier alpha value is -1.63. The van der Waals surface area contributed by atoms with Crippen LogP contribution in [0.5, 0.6) is 0 Å². The summed E-state index contributed by atoms with van der Waals surface area (Å²) in [5.41, 5.74) is 0. The third-order valence-electron chi connectivity index (χ3n) is 14.3. The summed E-state index contributed by atoms with van der Waals surface area (Å²) in [6.07, 6.45) is 54.3. The van der Waals surface area contributed by atoms with Gasteiger partial charge < -0.3 is 45.4 Å². The van der Waals surface area contributed by atoms with E-state index >= 15 is 0 Å². The van der Waals surface area contributed by atoms with Gasteiger partial charge in [-0.1, -0.05) is 256 Å². The second-order valence-electron chi connectivity index (χ2n) is 20.9. The number of amides is 1. The van der Waals surface area contributed by atoms with E-state index in [-0.39, 0.29) is 6.61 Å². The van der Waals surface area contributed by atoms with Crippen LogP contribution in [-0.4, -0.2) is 98.7 Å². The summed E-state index contributed by atoms with van der Waals surface area (Å²) < 4.78 is 11.1. The molecule has 10 heteroatoms. The number of rotatable bonds is 51. The molecule has 1 fully saturated rings. The van der Waals surface area contributed by atoms with Crippen molar-refractivity contribution in [2.75, 3.05) is 13.2 Å². The topological polar surface area (TPSA) is 169 Å². The number of hydrogen-bond donors (Lipinski definition) is 7. The van der Waals surface area contributed by atoms with Crippen molar-refractivity contribution < 1.29 is 44.9 Å². The van der Waals surface area contributed by atoms with Crippen molar-refractivity contribution in [3.8, 4) is 0 Å². The van der Waals surface area contributed by atoms with Crippen LogP contribution in [0.1, 0.15) is 277 Å². The van der Waals surface area contributed by atoms with E-state index in [9.17, 15) is 35.4 Å². The summed E-state index contributed by atoms with van der Waals surface area (Å²) in [5, 5.41) is 64.8. The average molecular weight is 993 g/mol. The van der Waals surface area contributed by atoms with Gasteiger partial charge in [-0.2, -0.15) is 0 Å². The minimum absolute atomic E-state index is 0.306. The van der Waals surface area contributed by atoms with E-state index in [0.29, 0.717) is 19.3 Å². The molecule has 1 aliphatic rings. The van der Waals surface area contributed by atoms with Crippen LogP contribution in [0.15, 0.2) is 36.5 Å². The Kier molecular flexibility index (Phi) is 47.0. The van der Waals surface area contributed by atoms with Gasteiger partial charge in [0.2, 0.25) is 5.91 Å². The number of hydrogen-bond acceptors (Lipinski definition) is 9. The fraction of sp³-hybridized carbons (Fsp3) is 0.883. The summed E-state index contributed by atoms with van der Waals surface area (Å²) in [5.74, 6) is -0.625. The van der Waals surface area contributed by atoms with Crippen LogP contribution in [0.4, 0.5) is 0 Å². The third kappa shape index (κ3) is 38.0. The molecule has 0 aromatic carbocycles. The normalized spacial score (nSPS) is 20.0. The van der Waals surface area contributed by atoms with Crippen LogP contribution < -0.4 is 5.32 Å². The maximum Gasteiger partial charge on any atom is 0.249 e. The Labute approximate surface area is 430 Å². The Balaban J connectivity index is 2.11. The molecule has 0 saturated carbocycles. The van der Waals surface area contributed by atoms with E-state index in [1.807, 2.05) is 6.08 Å². The van der Waals surface area contributed by atoms with E-state index < -0.39 is 61.5 Å². The zero-order valence-electron chi connectivity index (χ0n) is 45.4. The number of unbranched alkanes of at least 4 members (excludes halogenated alkanes) is 36. The van der Waals surface area contributed by atoms with Gasteiger partial charge in [-0.15, -0.1) is 0 Å². The number of ether oxygens (including phenoxy) is 2. The fourth-order valence-corrected chi connectivity index (χ4v) is 9.47. The summed E-state index contributed by atoms with van der Waals surface area (Å²) >= 11 is 0. The van der Waals surface area contributed by atoms with E-state index in [2.05, 4.69) is 43.5 Å². The molecule has 7 N–H and O–H groups in total. The molecule has 1 saturated heterocycles. The van der Waals surface area contributed by atoms with Crippen LogP contribution in [0, 0.1) is 0 Å². The van der Waals surface area contributed by atoms with Gasteiger partial charge in [0.1, 0.15) is 30.5 Å². The molecular weight excluding hydrogens is 879 g/mol. The van der Waals surface area contributed by atoms with Crippen LogP contribution >= 0.6 is 0 Å². The van der Waals surface area contributed by atoms with Gasteiger partial charge in [-0.3, -0.25) is 4.79 Å². The van der Waals surface area contributed by atoms with Crippen molar-refractivity contribution in [1.29, 1.82) is 0 Å². The Morgan fingerprint density at radius 3 is 1.24 bits per heavy atom. The number of aliphatic hydroxyl groups is 6. The standard InChI is InChI=1S/C60H113NO9/c1-3-5-7-9-11-13-15-16-17-18-19-20-21-22-23-24-25-26-27-28-29-30-31-32-33-34-35-36-37-39-41-43-45-47-49-54(64)59(68)61-52(51-69-60-58(67)57(66)56(65)55(50-62)70-60)53(63)48-46-44-42-40-38-14-12-10-8-6-4-2/h24-25,38,40,46,48,52-58,60,62-67H,3-23,26-37,39,41-45,47,49-51H2,1-2H3,(H,61,68)/b25-24-,40-38+,48-46+. The van der Waals surface area contributed by atoms with E-state index in [1.165, 1.54) is 212 Å². The second-order valence-corrected chi connectivity index (χ2v) is 20.9. The highest BCUT2D eigenvalue weighted by Crippen LogP contribution is 2.23. The van der Waals surface area contributed by atoms with Crippen molar-refractivity contribution in [3.05, 3.63) is 36.5 Å². The first-order chi connectivity index (χ1) is 34.3. The average Bonchev–Trinajstić information content (AvgIpc) is 3.36. The maximum absolute atomic E-state index is 13.1. The number of nitrogens with one attached hydrogen (secondary N) is 1. The van der Waals surface area contributed by atoms with Gasteiger partial charge in [0.25, 0.3) is 0 Å². The van der Waals surface area contributed by atoms with Crippen LogP contribution in [0.3, 0.4) is 0 Å². The first-order valence-corrected chi connectivity index (χ1v) is 29.8. The monoisotopic (exact) mass is 992 g/mol. The predicted molar refractivity (Wildman–Crippen MR) is 292 cm³/mol. The third-order valence-corrected chi connectivity index (χ3v) is 14.3.